The summed E-state index contributed by atoms with van der Waals surface area (Å²) in [5.41, 5.74) is 2.23. The first-order chi connectivity index (χ1) is 15.5. The number of hydrogen-bond acceptors (Lipinski definition) is 6. The fourth-order valence-corrected chi connectivity index (χ4v) is 3.55. The first-order valence-electron chi connectivity index (χ1n) is 9.48. The number of ether oxygens (including phenoxy) is 2. The standard InChI is InChI=1S/C23H18BrFN4O3/c1-31-20-10-17-19(11-21(20)32-2)26-12-27-22(17)28-14-4-6-15(7-5-14)29-23(30)16-9-13(25)3-8-18(16)24/h3-12H,1-2H3,(H,29,30)(H,26,27,28). The number of amides is 1. The van der Waals surface area contributed by atoms with Gasteiger partial charge in [-0.25, -0.2) is 14.4 Å². The number of halogens is 2. The number of carbonyl (C=O) groups is 1. The van der Waals surface area contributed by atoms with E-state index in [0.717, 1.165) is 11.1 Å². The highest BCUT2D eigenvalue weighted by Crippen LogP contribution is 2.34. The predicted molar refractivity (Wildman–Crippen MR) is 124 cm³/mol. The molecule has 0 saturated heterocycles. The smallest absolute Gasteiger partial charge is 0.256 e. The van der Waals surface area contributed by atoms with Crippen LogP contribution in [0.4, 0.5) is 21.6 Å². The Morgan fingerprint density at radius 1 is 0.938 bits per heavy atom. The van der Waals surface area contributed by atoms with Crippen LogP contribution in [0.15, 0.2) is 65.4 Å². The van der Waals surface area contributed by atoms with Crippen LogP contribution in [0.1, 0.15) is 10.4 Å². The Balaban J connectivity index is 1.54. The Bertz CT molecular complexity index is 1300. The van der Waals surface area contributed by atoms with E-state index >= 15 is 0 Å². The van der Waals surface area contributed by atoms with Crippen molar-refractivity contribution in [1.29, 1.82) is 0 Å². The number of nitrogens with zero attached hydrogens (tertiary/aromatic N) is 2. The molecular formula is C23H18BrFN4O3. The number of nitrogens with one attached hydrogen (secondary N) is 2. The Morgan fingerprint density at radius 3 is 2.34 bits per heavy atom. The topological polar surface area (TPSA) is 85.4 Å². The van der Waals surface area contributed by atoms with Crippen molar-refractivity contribution >= 4 is 49.9 Å². The first-order valence-corrected chi connectivity index (χ1v) is 10.3. The third-order valence-electron chi connectivity index (χ3n) is 4.72. The van der Waals surface area contributed by atoms with Crippen LogP contribution >= 0.6 is 15.9 Å². The molecule has 32 heavy (non-hydrogen) atoms. The van der Waals surface area contributed by atoms with Crippen LogP contribution in [0.5, 0.6) is 11.5 Å². The lowest BCUT2D eigenvalue weighted by molar-refractivity contribution is 0.102. The summed E-state index contributed by atoms with van der Waals surface area (Å²) in [4.78, 5) is 21.1. The van der Waals surface area contributed by atoms with Crippen LogP contribution in [0, 0.1) is 5.82 Å². The van der Waals surface area contributed by atoms with Gasteiger partial charge in [-0.2, -0.15) is 0 Å². The maximum Gasteiger partial charge on any atom is 0.256 e. The molecule has 0 aliphatic carbocycles. The summed E-state index contributed by atoms with van der Waals surface area (Å²) in [6.07, 6.45) is 1.46. The van der Waals surface area contributed by atoms with Gasteiger partial charge in [-0.15, -0.1) is 0 Å². The molecule has 162 valence electrons. The molecule has 7 nitrogen and oxygen atoms in total. The maximum absolute atomic E-state index is 13.5. The molecule has 2 N–H and O–H groups in total. The SMILES string of the molecule is COc1cc2ncnc(Nc3ccc(NC(=O)c4cc(F)ccc4Br)cc3)c2cc1OC. The molecule has 0 radical (unpaired) electrons. The summed E-state index contributed by atoms with van der Waals surface area (Å²) in [6, 6.07) is 14.6. The van der Waals surface area contributed by atoms with Crippen molar-refractivity contribution in [2.75, 3.05) is 24.9 Å². The zero-order valence-corrected chi connectivity index (χ0v) is 18.7. The van der Waals surface area contributed by atoms with Gasteiger partial charge in [0.15, 0.2) is 11.5 Å². The summed E-state index contributed by atoms with van der Waals surface area (Å²) in [5.74, 6) is 0.842. The minimum atomic E-state index is -0.482. The molecule has 9 heteroatoms. The van der Waals surface area contributed by atoms with Crippen LogP contribution in [0.2, 0.25) is 0 Å². The van der Waals surface area contributed by atoms with Gasteiger partial charge in [-0.05, 0) is 64.5 Å². The number of anilines is 3. The van der Waals surface area contributed by atoms with Crippen LogP contribution in [0.3, 0.4) is 0 Å². The molecule has 0 atom stereocenters. The highest BCUT2D eigenvalue weighted by molar-refractivity contribution is 9.10. The average Bonchev–Trinajstić information content (AvgIpc) is 2.81. The van der Waals surface area contributed by atoms with E-state index < -0.39 is 11.7 Å². The number of hydrogen-bond donors (Lipinski definition) is 2. The lowest BCUT2D eigenvalue weighted by atomic mass is 10.2. The molecule has 1 amide bonds. The first kappa shape index (κ1) is 21.5. The summed E-state index contributed by atoms with van der Waals surface area (Å²) in [6.45, 7) is 0. The molecule has 1 aromatic heterocycles. The maximum atomic E-state index is 13.5. The van der Waals surface area contributed by atoms with Crippen LogP contribution in [-0.2, 0) is 0 Å². The molecule has 0 aliphatic heterocycles. The van der Waals surface area contributed by atoms with Gasteiger partial charge in [-0.3, -0.25) is 4.79 Å². The lowest BCUT2D eigenvalue weighted by Crippen LogP contribution is -2.12. The number of rotatable bonds is 6. The van der Waals surface area contributed by atoms with Gasteiger partial charge in [0.05, 0.1) is 25.3 Å². The predicted octanol–water partition coefficient (Wildman–Crippen LogP) is 5.54. The number of carbonyl (C=O) groups excluding carboxylic acids is 1. The molecular weight excluding hydrogens is 479 g/mol. The van der Waals surface area contributed by atoms with E-state index in [1.807, 2.05) is 6.07 Å². The fraction of sp³-hybridized carbons (Fsp3) is 0.0870. The molecule has 0 spiro atoms. The van der Waals surface area contributed by atoms with E-state index in [-0.39, 0.29) is 5.56 Å². The van der Waals surface area contributed by atoms with Gasteiger partial charge < -0.3 is 20.1 Å². The van der Waals surface area contributed by atoms with Gasteiger partial charge in [0.1, 0.15) is 18.0 Å². The van der Waals surface area contributed by atoms with E-state index in [4.69, 9.17) is 9.47 Å². The molecule has 0 saturated carbocycles. The molecule has 0 fully saturated rings. The van der Waals surface area contributed by atoms with Crippen molar-refractivity contribution in [3.63, 3.8) is 0 Å². The largest absolute Gasteiger partial charge is 0.493 e. The summed E-state index contributed by atoms with van der Waals surface area (Å²) in [5, 5.41) is 6.76. The molecule has 1 heterocycles. The number of benzene rings is 3. The van der Waals surface area contributed by atoms with Gasteiger partial charge in [0, 0.05) is 27.3 Å². The molecule has 3 aromatic carbocycles. The average molecular weight is 497 g/mol. The van der Waals surface area contributed by atoms with Crippen LogP contribution in [-0.4, -0.2) is 30.1 Å². The Kier molecular flexibility index (Phi) is 6.18. The zero-order chi connectivity index (χ0) is 22.7. The van der Waals surface area contributed by atoms with Gasteiger partial charge in [0.25, 0.3) is 5.91 Å². The molecule has 4 rings (SSSR count). The van der Waals surface area contributed by atoms with Crippen molar-refractivity contribution in [3.05, 3.63) is 76.8 Å². The number of methoxy groups -OCH3 is 2. The highest BCUT2D eigenvalue weighted by atomic mass is 79.9. The van der Waals surface area contributed by atoms with E-state index in [9.17, 15) is 9.18 Å². The lowest BCUT2D eigenvalue weighted by Gasteiger charge is -2.12. The van der Waals surface area contributed by atoms with Crippen molar-refractivity contribution in [3.8, 4) is 11.5 Å². The van der Waals surface area contributed by atoms with Crippen molar-refractivity contribution in [1.82, 2.24) is 9.97 Å². The van der Waals surface area contributed by atoms with Crippen LogP contribution < -0.4 is 20.1 Å². The van der Waals surface area contributed by atoms with E-state index in [1.165, 1.54) is 24.5 Å². The molecule has 0 unspecified atom stereocenters. The van der Waals surface area contributed by atoms with Gasteiger partial charge in [0.2, 0.25) is 0 Å². The Labute approximate surface area is 191 Å². The van der Waals surface area contributed by atoms with Gasteiger partial charge in [-0.1, -0.05) is 0 Å². The summed E-state index contributed by atoms with van der Waals surface area (Å²) >= 11 is 3.27. The van der Waals surface area contributed by atoms with E-state index in [2.05, 4.69) is 36.5 Å². The third kappa shape index (κ3) is 4.47. The quantitative estimate of drug-likeness (QED) is 0.364. The van der Waals surface area contributed by atoms with E-state index in [1.54, 1.807) is 44.6 Å². The van der Waals surface area contributed by atoms with Crippen LogP contribution in [0.25, 0.3) is 10.9 Å². The second-order valence-corrected chi connectivity index (χ2v) is 7.58. The normalized spacial score (nSPS) is 10.6. The second kappa shape index (κ2) is 9.19. The molecule has 0 bridgehead atoms. The number of aromatic nitrogens is 2. The Hall–Kier alpha value is -3.72. The third-order valence-corrected chi connectivity index (χ3v) is 5.41. The fourth-order valence-electron chi connectivity index (χ4n) is 3.13. The minimum Gasteiger partial charge on any atom is -0.493 e. The van der Waals surface area contributed by atoms with Crippen molar-refractivity contribution in [2.45, 2.75) is 0 Å². The number of fused-ring (bicyclic) bond motifs is 1. The summed E-state index contributed by atoms with van der Waals surface area (Å²) < 4.78 is 24.7. The molecule has 0 aliphatic rings. The Morgan fingerprint density at radius 2 is 1.62 bits per heavy atom. The highest BCUT2D eigenvalue weighted by Gasteiger charge is 2.13. The van der Waals surface area contributed by atoms with E-state index in [0.29, 0.717) is 33.0 Å². The van der Waals surface area contributed by atoms with Crippen molar-refractivity contribution in [2.24, 2.45) is 0 Å². The zero-order valence-electron chi connectivity index (χ0n) is 17.1. The monoisotopic (exact) mass is 496 g/mol. The summed E-state index contributed by atoms with van der Waals surface area (Å²) in [7, 11) is 3.13. The minimum absolute atomic E-state index is 0.212. The molecule has 4 aromatic rings. The second-order valence-electron chi connectivity index (χ2n) is 6.73. The van der Waals surface area contributed by atoms with Crippen molar-refractivity contribution < 1.29 is 18.7 Å². The van der Waals surface area contributed by atoms with Gasteiger partial charge >= 0.3 is 0 Å².